The molecule has 4 aromatic rings. The molecule has 0 fully saturated rings. The van der Waals surface area contributed by atoms with Crippen molar-refractivity contribution in [2.24, 2.45) is 0 Å². The van der Waals surface area contributed by atoms with E-state index in [-0.39, 0.29) is 18.0 Å². The number of hydrogen-bond acceptors (Lipinski definition) is 2. The van der Waals surface area contributed by atoms with Crippen molar-refractivity contribution in [3.8, 4) is 0 Å². The van der Waals surface area contributed by atoms with Crippen molar-refractivity contribution in [2.75, 3.05) is 0 Å². The summed E-state index contributed by atoms with van der Waals surface area (Å²) in [5.74, 6) is -0.000333. The SMILES string of the molecule is O=C(/C=C(\O)Cc1ccc2ccccc2c1)Cc1ccc2ccccc2c1. The van der Waals surface area contributed by atoms with E-state index in [0.717, 1.165) is 32.7 Å². The average molecular weight is 352 g/mol. The van der Waals surface area contributed by atoms with Gasteiger partial charge in [0.15, 0.2) is 5.78 Å². The Hall–Kier alpha value is -3.39. The molecule has 0 aliphatic heterocycles. The molecule has 0 radical (unpaired) electrons. The molecule has 0 saturated heterocycles. The summed E-state index contributed by atoms with van der Waals surface area (Å²) in [6.07, 6.45) is 1.99. The van der Waals surface area contributed by atoms with Gasteiger partial charge in [-0.05, 0) is 32.7 Å². The number of benzene rings is 4. The van der Waals surface area contributed by atoms with Gasteiger partial charge in [0.25, 0.3) is 0 Å². The van der Waals surface area contributed by atoms with E-state index in [9.17, 15) is 9.90 Å². The van der Waals surface area contributed by atoms with Gasteiger partial charge in [0.2, 0.25) is 0 Å². The van der Waals surface area contributed by atoms with Crippen LogP contribution in [0.2, 0.25) is 0 Å². The highest BCUT2D eigenvalue weighted by Crippen LogP contribution is 2.18. The monoisotopic (exact) mass is 352 g/mol. The summed E-state index contributed by atoms with van der Waals surface area (Å²) in [7, 11) is 0. The molecule has 27 heavy (non-hydrogen) atoms. The van der Waals surface area contributed by atoms with E-state index in [2.05, 4.69) is 12.1 Å². The molecule has 0 aliphatic rings. The molecule has 4 aromatic carbocycles. The maximum absolute atomic E-state index is 12.3. The van der Waals surface area contributed by atoms with Crippen LogP contribution >= 0.6 is 0 Å². The standard InChI is InChI=1S/C25H20O2/c26-24(15-18-9-11-20-5-1-3-7-22(20)13-18)17-25(27)16-19-10-12-21-6-2-4-8-23(21)14-19/h1-14,17,26H,15-16H2/b24-17-. The Morgan fingerprint density at radius 3 is 1.70 bits per heavy atom. The number of fused-ring (bicyclic) bond motifs is 2. The maximum Gasteiger partial charge on any atom is 0.163 e. The Kier molecular flexibility index (Phi) is 4.71. The lowest BCUT2D eigenvalue weighted by Gasteiger charge is -2.05. The minimum atomic E-state index is -0.0939. The summed E-state index contributed by atoms with van der Waals surface area (Å²) in [6, 6.07) is 28.3. The fraction of sp³-hybridized carbons (Fsp3) is 0.0800. The predicted molar refractivity (Wildman–Crippen MR) is 111 cm³/mol. The topological polar surface area (TPSA) is 37.3 Å². The van der Waals surface area contributed by atoms with Gasteiger partial charge in [-0.3, -0.25) is 4.79 Å². The zero-order valence-electron chi connectivity index (χ0n) is 14.9. The van der Waals surface area contributed by atoms with Crippen molar-refractivity contribution in [2.45, 2.75) is 12.8 Å². The average Bonchev–Trinajstić information content (AvgIpc) is 2.67. The van der Waals surface area contributed by atoms with Crippen molar-refractivity contribution >= 4 is 27.3 Å². The van der Waals surface area contributed by atoms with Gasteiger partial charge in [0.05, 0.1) is 0 Å². The molecule has 2 heteroatoms. The van der Waals surface area contributed by atoms with Gasteiger partial charge < -0.3 is 5.11 Å². The number of carbonyl (C=O) groups excluding carboxylic acids is 1. The number of hydrogen-bond donors (Lipinski definition) is 1. The quantitative estimate of drug-likeness (QED) is 0.365. The third-order valence-corrected chi connectivity index (χ3v) is 4.72. The molecular formula is C25H20O2. The van der Waals surface area contributed by atoms with Crippen molar-refractivity contribution < 1.29 is 9.90 Å². The van der Waals surface area contributed by atoms with E-state index < -0.39 is 0 Å². The first kappa shape index (κ1) is 17.0. The van der Waals surface area contributed by atoms with Gasteiger partial charge in [0, 0.05) is 18.9 Å². The molecule has 4 rings (SSSR count). The Morgan fingerprint density at radius 2 is 1.15 bits per heavy atom. The highest BCUT2D eigenvalue weighted by molar-refractivity contribution is 5.93. The van der Waals surface area contributed by atoms with Crippen LogP contribution in [0.4, 0.5) is 0 Å². The van der Waals surface area contributed by atoms with Gasteiger partial charge >= 0.3 is 0 Å². The Bertz CT molecular complexity index is 1160. The van der Waals surface area contributed by atoms with E-state index >= 15 is 0 Å². The lowest BCUT2D eigenvalue weighted by Crippen LogP contribution is -2.01. The van der Waals surface area contributed by atoms with Gasteiger partial charge in [0.1, 0.15) is 5.76 Å². The first-order valence-electron chi connectivity index (χ1n) is 9.05. The maximum atomic E-state index is 12.3. The molecule has 0 unspecified atom stereocenters. The number of allylic oxidation sites excluding steroid dienone is 2. The van der Waals surface area contributed by atoms with Crippen LogP contribution < -0.4 is 0 Å². The van der Waals surface area contributed by atoms with Crippen molar-refractivity contribution in [1.29, 1.82) is 0 Å². The Morgan fingerprint density at radius 1 is 0.667 bits per heavy atom. The van der Waals surface area contributed by atoms with Crippen LogP contribution in [0.25, 0.3) is 21.5 Å². The van der Waals surface area contributed by atoms with Gasteiger partial charge in [-0.15, -0.1) is 0 Å². The van der Waals surface area contributed by atoms with E-state index in [4.69, 9.17) is 0 Å². The number of aliphatic hydroxyl groups is 1. The van der Waals surface area contributed by atoms with E-state index in [0.29, 0.717) is 6.42 Å². The first-order chi connectivity index (χ1) is 13.2. The van der Waals surface area contributed by atoms with Gasteiger partial charge in [-0.2, -0.15) is 0 Å². The molecule has 1 N–H and O–H groups in total. The summed E-state index contributed by atoms with van der Waals surface area (Å²) in [4.78, 5) is 12.3. The highest BCUT2D eigenvalue weighted by atomic mass is 16.3. The summed E-state index contributed by atoms with van der Waals surface area (Å²) < 4.78 is 0. The molecule has 2 nitrogen and oxygen atoms in total. The van der Waals surface area contributed by atoms with Crippen LogP contribution in [0, 0.1) is 0 Å². The van der Waals surface area contributed by atoms with Crippen molar-refractivity contribution in [3.63, 3.8) is 0 Å². The second kappa shape index (κ2) is 7.46. The van der Waals surface area contributed by atoms with Crippen LogP contribution in [0.1, 0.15) is 11.1 Å². The van der Waals surface area contributed by atoms with Crippen molar-refractivity contribution in [3.05, 3.63) is 108 Å². The minimum absolute atomic E-state index is 0.0936. The molecule has 0 amide bonds. The summed E-state index contributed by atoms with van der Waals surface area (Å²) in [5, 5.41) is 14.8. The van der Waals surface area contributed by atoms with Crippen LogP contribution in [-0.2, 0) is 17.6 Å². The zero-order chi connectivity index (χ0) is 18.6. The lowest BCUT2D eigenvalue weighted by molar-refractivity contribution is -0.114. The van der Waals surface area contributed by atoms with Crippen LogP contribution in [0.15, 0.2) is 96.8 Å². The van der Waals surface area contributed by atoms with Crippen LogP contribution in [0.3, 0.4) is 0 Å². The smallest absolute Gasteiger partial charge is 0.163 e. The van der Waals surface area contributed by atoms with Crippen LogP contribution in [-0.4, -0.2) is 10.9 Å². The normalized spacial score (nSPS) is 11.8. The number of aliphatic hydroxyl groups excluding tert-OH is 1. The molecule has 0 atom stereocenters. The molecule has 0 bridgehead atoms. The van der Waals surface area contributed by atoms with Crippen molar-refractivity contribution in [1.82, 2.24) is 0 Å². The number of ketones is 1. The molecular weight excluding hydrogens is 332 g/mol. The number of carbonyl (C=O) groups is 1. The fourth-order valence-electron chi connectivity index (χ4n) is 3.40. The van der Waals surface area contributed by atoms with E-state index in [1.807, 2.05) is 72.8 Å². The predicted octanol–water partition coefficient (Wildman–Crippen LogP) is 5.79. The largest absolute Gasteiger partial charge is 0.512 e. The lowest BCUT2D eigenvalue weighted by atomic mass is 10.0. The third kappa shape index (κ3) is 4.06. The zero-order valence-corrected chi connectivity index (χ0v) is 14.9. The molecule has 0 heterocycles. The summed E-state index contributed by atoms with van der Waals surface area (Å²) >= 11 is 0. The van der Waals surface area contributed by atoms with E-state index in [1.54, 1.807) is 0 Å². The fourth-order valence-corrected chi connectivity index (χ4v) is 3.40. The molecule has 0 aliphatic carbocycles. The van der Waals surface area contributed by atoms with Crippen LogP contribution in [0.5, 0.6) is 0 Å². The first-order valence-corrected chi connectivity index (χ1v) is 9.05. The van der Waals surface area contributed by atoms with E-state index in [1.165, 1.54) is 6.08 Å². The third-order valence-electron chi connectivity index (χ3n) is 4.72. The minimum Gasteiger partial charge on any atom is -0.512 e. The molecule has 0 spiro atoms. The van der Waals surface area contributed by atoms with Gasteiger partial charge in [-0.25, -0.2) is 0 Å². The second-order valence-electron chi connectivity index (χ2n) is 6.82. The summed E-state index contributed by atoms with van der Waals surface area (Å²) in [6.45, 7) is 0. The number of rotatable bonds is 5. The second-order valence-corrected chi connectivity index (χ2v) is 6.82. The Balaban J connectivity index is 1.46. The summed E-state index contributed by atoms with van der Waals surface area (Å²) in [5.41, 5.74) is 1.94. The molecule has 132 valence electrons. The van der Waals surface area contributed by atoms with Gasteiger partial charge in [-0.1, -0.05) is 84.9 Å². The molecule has 0 saturated carbocycles. The Labute approximate surface area is 158 Å². The molecule has 0 aromatic heterocycles. The highest BCUT2D eigenvalue weighted by Gasteiger charge is 2.06.